The monoisotopic (exact) mass is 346 g/mol. The molecule has 2 amide bonds. The second-order valence-corrected chi connectivity index (χ2v) is 5.60. The molecule has 0 radical (unpaired) electrons. The van der Waals surface area contributed by atoms with Gasteiger partial charge in [0.05, 0.1) is 5.69 Å². The van der Waals surface area contributed by atoms with Crippen molar-refractivity contribution in [3.8, 4) is 5.95 Å². The van der Waals surface area contributed by atoms with Gasteiger partial charge in [-0.3, -0.25) is 19.4 Å². The average molecular weight is 346 g/mol. The normalized spacial score (nSPS) is 10.6. The zero-order valence-electron chi connectivity index (χ0n) is 14.8. The number of carbonyl (C=O) groups is 2. The number of hydrogen-bond donors (Lipinski definition) is 3. The maximum absolute atomic E-state index is 12.1. The third kappa shape index (κ3) is 4.11. The molecular formula is C16H22N6O3. The van der Waals surface area contributed by atoms with E-state index in [1.165, 1.54) is 4.68 Å². The Hall–Kier alpha value is -2.97. The molecule has 0 spiro atoms. The van der Waals surface area contributed by atoms with Crippen LogP contribution in [0.2, 0.25) is 0 Å². The molecule has 3 N–H and O–H groups in total. The summed E-state index contributed by atoms with van der Waals surface area (Å²) in [5.41, 5.74) is 1.53. The van der Waals surface area contributed by atoms with Gasteiger partial charge in [0.1, 0.15) is 5.82 Å². The van der Waals surface area contributed by atoms with Crippen LogP contribution in [0.1, 0.15) is 37.2 Å². The van der Waals surface area contributed by atoms with Crippen molar-refractivity contribution in [3.63, 3.8) is 0 Å². The first-order chi connectivity index (χ1) is 11.9. The van der Waals surface area contributed by atoms with Crippen molar-refractivity contribution < 1.29 is 9.59 Å². The highest BCUT2D eigenvalue weighted by Gasteiger charge is 2.18. The van der Waals surface area contributed by atoms with E-state index in [0.717, 1.165) is 6.42 Å². The molecular weight excluding hydrogens is 324 g/mol. The fourth-order valence-electron chi connectivity index (χ4n) is 2.35. The van der Waals surface area contributed by atoms with Gasteiger partial charge in [-0.05, 0) is 26.7 Å². The first-order valence-electron chi connectivity index (χ1n) is 8.13. The van der Waals surface area contributed by atoms with Crippen LogP contribution < -0.4 is 16.2 Å². The Morgan fingerprint density at radius 2 is 1.96 bits per heavy atom. The molecule has 0 atom stereocenters. The molecule has 0 saturated carbocycles. The summed E-state index contributed by atoms with van der Waals surface area (Å²) in [6.07, 6.45) is 1.29. The SMILES string of the molecule is CCCNC(=O)C(=O)Nc1cc(C)nn1-c1nc(C)c(CC)c(=O)[nH]1. The number of amides is 2. The van der Waals surface area contributed by atoms with Gasteiger partial charge in [0.15, 0.2) is 0 Å². The Morgan fingerprint density at radius 3 is 2.56 bits per heavy atom. The number of rotatable bonds is 5. The summed E-state index contributed by atoms with van der Waals surface area (Å²) in [4.78, 5) is 42.9. The summed E-state index contributed by atoms with van der Waals surface area (Å²) in [7, 11) is 0. The lowest BCUT2D eigenvalue weighted by Gasteiger charge is -2.10. The first kappa shape index (κ1) is 18.4. The van der Waals surface area contributed by atoms with Crippen LogP contribution in [0.15, 0.2) is 10.9 Å². The van der Waals surface area contributed by atoms with Gasteiger partial charge in [0.2, 0.25) is 5.95 Å². The fraction of sp³-hybridized carbons (Fsp3) is 0.438. The molecule has 0 fully saturated rings. The molecule has 2 aromatic rings. The van der Waals surface area contributed by atoms with E-state index < -0.39 is 11.8 Å². The lowest BCUT2D eigenvalue weighted by Crippen LogP contribution is -2.36. The van der Waals surface area contributed by atoms with Crippen molar-refractivity contribution in [2.75, 3.05) is 11.9 Å². The van der Waals surface area contributed by atoms with Gasteiger partial charge in [-0.2, -0.15) is 9.78 Å². The molecule has 0 saturated heterocycles. The average Bonchev–Trinajstić information content (AvgIpc) is 2.92. The predicted molar refractivity (Wildman–Crippen MR) is 92.8 cm³/mol. The smallest absolute Gasteiger partial charge is 0.314 e. The number of aromatic nitrogens is 4. The third-order valence-corrected chi connectivity index (χ3v) is 3.58. The Balaban J connectivity index is 2.34. The Kier molecular flexibility index (Phi) is 5.68. The quantitative estimate of drug-likeness (QED) is 0.684. The van der Waals surface area contributed by atoms with Gasteiger partial charge < -0.3 is 10.6 Å². The van der Waals surface area contributed by atoms with Crippen LogP contribution in [0.25, 0.3) is 5.95 Å². The minimum Gasteiger partial charge on any atom is -0.348 e. The van der Waals surface area contributed by atoms with Crippen molar-refractivity contribution in [2.45, 2.75) is 40.5 Å². The number of nitrogens with zero attached hydrogens (tertiary/aromatic N) is 3. The predicted octanol–water partition coefficient (Wildman–Crippen LogP) is 0.600. The maximum Gasteiger partial charge on any atom is 0.314 e. The van der Waals surface area contributed by atoms with E-state index in [-0.39, 0.29) is 17.3 Å². The highest BCUT2D eigenvalue weighted by Crippen LogP contribution is 2.14. The Labute approximate surface area is 144 Å². The van der Waals surface area contributed by atoms with E-state index in [4.69, 9.17) is 0 Å². The highest BCUT2D eigenvalue weighted by atomic mass is 16.2. The summed E-state index contributed by atoms with van der Waals surface area (Å²) in [5.74, 6) is -1.11. The van der Waals surface area contributed by atoms with Crippen molar-refractivity contribution >= 4 is 17.6 Å². The van der Waals surface area contributed by atoms with E-state index in [1.54, 1.807) is 19.9 Å². The lowest BCUT2D eigenvalue weighted by atomic mass is 10.2. The van der Waals surface area contributed by atoms with Gasteiger partial charge >= 0.3 is 11.8 Å². The Bertz CT molecular complexity index is 852. The van der Waals surface area contributed by atoms with Crippen LogP contribution in [-0.2, 0) is 16.0 Å². The van der Waals surface area contributed by atoms with E-state index in [9.17, 15) is 14.4 Å². The summed E-state index contributed by atoms with van der Waals surface area (Å²) < 4.78 is 1.30. The van der Waals surface area contributed by atoms with Crippen LogP contribution in [0.3, 0.4) is 0 Å². The highest BCUT2D eigenvalue weighted by molar-refractivity contribution is 6.39. The molecule has 0 aliphatic heterocycles. The van der Waals surface area contributed by atoms with E-state index in [0.29, 0.717) is 29.9 Å². The molecule has 134 valence electrons. The molecule has 0 aliphatic rings. The standard InChI is InChI=1S/C16H22N6O3/c1-5-7-17-14(24)15(25)19-12-8-9(3)21-22(12)16-18-10(4)11(6-2)13(23)20-16/h8H,5-7H2,1-4H3,(H,17,24)(H,19,25)(H,18,20,23). The number of hydrogen-bond acceptors (Lipinski definition) is 5. The molecule has 2 aromatic heterocycles. The van der Waals surface area contributed by atoms with Crippen molar-refractivity contribution in [1.29, 1.82) is 0 Å². The zero-order chi connectivity index (χ0) is 18.6. The van der Waals surface area contributed by atoms with E-state index in [1.807, 2.05) is 13.8 Å². The number of aryl methyl sites for hydroxylation is 2. The molecule has 9 heteroatoms. The minimum absolute atomic E-state index is 0.178. The molecule has 0 bridgehead atoms. The van der Waals surface area contributed by atoms with Gasteiger partial charge in [-0.1, -0.05) is 13.8 Å². The second kappa shape index (κ2) is 7.73. The van der Waals surface area contributed by atoms with Crippen molar-refractivity contribution in [3.05, 3.63) is 33.4 Å². The number of carbonyl (C=O) groups excluding carboxylic acids is 2. The summed E-state index contributed by atoms with van der Waals surface area (Å²) in [6.45, 7) is 7.65. The summed E-state index contributed by atoms with van der Waals surface area (Å²) in [5, 5.41) is 9.22. The number of anilines is 1. The van der Waals surface area contributed by atoms with Crippen LogP contribution in [0.4, 0.5) is 5.82 Å². The topological polar surface area (TPSA) is 122 Å². The first-order valence-corrected chi connectivity index (χ1v) is 8.13. The molecule has 2 rings (SSSR count). The molecule has 0 aliphatic carbocycles. The number of aromatic amines is 1. The van der Waals surface area contributed by atoms with Crippen molar-refractivity contribution in [1.82, 2.24) is 25.1 Å². The van der Waals surface area contributed by atoms with Crippen LogP contribution in [-0.4, -0.2) is 38.1 Å². The van der Waals surface area contributed by atoms with Gasteiger partial charge in [0.25, 0.3) is 5.56 Å². The minimum atomic E-state index is -0.807. The molecule has 25 heavy (non-hydrogen) atoms. The van der Waals surface area contributed by atoms with Crippen molar-refractivity contribution in [2.24, 2.45) is 0 Å². The molecule has 9 nitrogen and oxygen atoms in total. The molecule has 2 heterocycles. The Morgan fingerprint density at radius 1 is 1.24 bits per heavy atom. The third-order valence-electron chi connectivity index (χ3n) is 3.58. The lowest BCUT2D eigenvalue weighted by molar-refractivity contribution is -0.136. The van der Waals surface area contributed by atoms with Crippen LogP contribution in [0.5, 0.6) is 0 Å². The fourth-order valence-corrected chi connectivity index (χ4v) is 2.35. The van der Waals surface area contributed by atoms with Crippen LogP contribution in [0, 0.1) is 13.8 Å². The largest absolute Gasteiger partial charge is 0.348 e. The van der Waals surface area contributed by atoms with Gasteiger partial charge in [-0.15, -0.1) is 0 Å². The van der Waals surface area contributed by atoms with Gasteiger partial charge in [-0.25, -0.2) is 4.98 Å². The molecule has 0 aromatic carbocycles. The summed E-state index contributed by atoms with van der Waals surface area (Å²) in [6, 6.07) is 1.59. The zero-order valence-corrected chi connectivity index (χ0v) is 14.8. The van der Waals surface area contributed by atoms with Gasteiger partial charge in [0, 0.05) is 23.9 Å². The summed E-state index contributed by atoms with van der Waals surface area (Å²) >= 11 is 0. The number of nitrogens with one attached hydrogen (secondary N) is 3. The second-order valence-electron chi connectivity index (χ2n) is 5.60. The number of H-pyrrole nitrogens is 1. The molecule has 0 unspecified atom stereocenters. The van der Waals surface area contributed by atoms with E-state index in [2.05, 4.69) is 25.7 Å². The van der Waals surface area contributed by atoms with E-state index >= 15 is 0 Å². The van der Waals surface area contributed by atoms with Crippen LogP contribution >= 0.6 is 0 Å². The maximum atomic E-state index is 12.1.